The lowest BCUT2D eigenvalue weighted by molar-refractivity contribution is -0.163. The van der Waals surface area contributed by atoms with Gasteiger partial charge in [0.1, 0.15) is 0 Å². The molecule has 7 atom stereocenters. The maximum atomic E-state index is 5.53. The van der Waals surface area contributed by atoms with Gasteiger partial charge in [0.2, 0.25) is 0 Å². The van der Waals surface area contributed by atoms with Crippen molar-refractivity contribution >= 4 is 0 Å². The predicted octanol–water partition coefficient (Wildman–Crippen LogP) is 7.40. The SMILES string of the molecule is CCCC1(C)C(CC)CCC2(C)C1CCC1(C)C(C(C)(C)CC#CN)CCC12. The van der Waals surface area contributed by atoms with Crippen molar-refractivity contribution in [2.45, 2.75) is 113 Å². The minimum Gasteiger partial charge on any atom is -0.359 e. The van der Waals surface area contributed by atoms with Crippen molar-refractivity contribution in [3.63, 3.8) is 0 Å². The first-order valence-corrected chi connectivity index (χ1v) is 12.3. The second-order valence-electron chi connectivity index (χ2n) is 12.2. The zero-order valence-corrected chi connectivity index (χ0v) is 20.0. The number of hydrogen-bond donors (Lipinski definition) is 1. The molecular weight excluding hydrogens is 338 g/mol. The van der Waals surface area contributed by atoms with Crippen LogP contribution in [0.2, 0.25) is 0 Å². The highest BCUT2D eigenvalue weighted by Crippen LogP contribution is 2.73. The summed E-state index contributed by atoms with van der Waals surface area (Å²) in [5.41, 5.74) is 7.37. The third-order valence-corrected chi connectivity index (χ3v) is 10.5. The van der Waals surface area contributed by atoms with Crippen LogP contribution in [0.1, 0.15) is 113 Å². The summed E-state index contributed by atoms with van der Waals surface area (Å²) in [6.45, 7) is 17.8. The summed E-state index contributed by atoms with van der Waals surface area (Å²) < 4.78 is 0. The third-order valence-electron chi connectivity index (χ3n) is 10.5. The number of hydrogen-bond acceptors (Lipinski definition) is 1. The molecule has 28 heavy (non-hydrogen) atoms. The molecular formula is C27H47N. The molecule has 3 aliphatic rings. The maximum absolute atomic E-state index is 5.53. The zero-order chi connectivity index (χ0) is 20.8. The molecule has 0 aromatic rings. The van der Waals surface area contributed by atoms with Crippen molar-refractivity contribution < 1.29 is 0 Å². The molecule has 1 nitrogen and oxygen atoms in total. The quantitative estimate of drug-likeness (QED) is 0.387. The van der Waals surface area contributed by atoms with Crippen molar-refractivity contribution in [1.82, 2.24) is 0 Å². The molecule has 3 rings (SSSR count). The van der Waals surface area contributed by atoms with Crippen LogP contribution in [0.3, 0.4) is 0 Å². The van der Waals surface area contributed by atoms with E-state index in [-0.39, 0.29) is 5.41 Å². The molecule has 0 saturated heterocycles. The van der Waals surface area contributed by atoms with E-state index >= 15 is 0 Å². The van der Waals surface area contributed by atoms with Gasteiger partial charge in [-0.15, -0.1) is 0 Å². The van der Waals surface area contributed by atoms with Crippen LogP contribution in [0.4, 0.5) is 0 Å². The Labute approximate surface area is 176 Å². The molecule has 0 amide bonds. The molecule has 160 valence electrons. The smallest absolute Gasteiger partial charge is 0.0161 e. The number of fused-ring (bicyclic) bond motifs is 3. The molecule has 0 aromatic heterocycles. The Morgan fingerprint density at radius 1 is 0.929 bits per heavy atom. The Bertz CT molecular complexity index is 624. The molecule has 2 N–H and O–H groups in total. The molecule has 3 saturated carbocycles. The highest BCUT2D eigenvalue weighted by atomic mass is 14.7. The molecule has 0 aliphatic heterocycles. The van der Waals surface area contributed by atoms with Crippen molar-refractivity contribution in [3.05, 3.63) is 0 Å². The van der Waals surface area contributed by atoms with Crippen LogP contribution in [-0.4, -0.2) is 0 Å². The van der Waals surface area contributed by atoms with Crippen LogP contribution in [0.5, 0.6) is 0 Å². The molecule has 3 aliphatic carbocycles. The van der Waals surface area contributed by atoms with Gasteiger partial charge in [-0.3, -0.25) is 0 Å². The van der Waals surface area contributed by atoms with Crippen LogP contribution in [-0.2, 0) is 0 Å². The largest absolute Gasteiger partial charge is 0.359 e. The molecule has 0 heterocycles. The van der Waals surface area contributed by atoms with Crippen molar-refractivity contribution in [1.29, 1.82) is 0 Å². The van der Waals surface area contributed by atoms with Gasteiger partial charge < -0.3 is 5.73 Å². The van der Waals surface area contributed by atoms with Gasteiger partial charge in [0.15, 0.2) is 0 Å². The van der Waals surface area contributed by atoms with E-state index in [1.807, 2.05) is 0 Å². The minimum absolute atomic E-state index is 0.270. The highest BCUT2D eigenvalue weighted by Gasteiger charge is 2.65. The van der Waals surface area contributed by atoms with Gasteiger partial charge in [-0.2, -0.15) is 0 Å². The van der Waals surface area contributed by atoms with Crippen LogP contribution in [0.25, 0.3) is 0 Å². The van der Waals surface area contributed by atoms with Crippen molar-refractivity contribution in [3.8, 4) is 12.0 Å². The second-order valence-corrected chi connectivity index (χ2v) is 12.2. The third kappa shape index (κ3) is 3.13. The molecule has 0 spiro atoms. The van der Waals surface area contributed by atoms with Crippen molar-refractivity contribution in [2.75, 3.05) is 0 Å². The van der Waals surface area contributed by atoms with E-state index in [1.54, 1.807) is 0 Å². The maximum Gasteiger partial charge on any atom is 0.0161 e. The number of nitrogens with two attached hydrogens (primary N) is 1. The molecule has 3 fully saturated rings. The Hall–Kier alpha value is -0.640. The van der Waals surface area contributed by atoms with Gasteiger partial charge in [0.25, 0.3) is 0 Å². The standard InChI is InChI=1S/C27H47N/c1-8-15-25(5)20(9-2)13-17-27(7)22-12-11-21(24(3,4)16-10-19-28)26(22,6)18-14-23(25)27/h20-23H,8-9,11-18,28H2,1-7H3. The predicted molar refractivity (Wildman–Crippen MR) is 122 cm³/mol. The zero-order valence-electron chi connectivity index (χ0n) is 20.0. The monoisotopic (exact) mass is 385 g/mol. The number of rotatable bonds is 5. The fourth-order valence-electron chi connectivity index (χ4n) is 9.50. The summed E-state index contributed by atoms with van der Waals surface area (Å²) >= 11 is 0. The van der Waals surface area contributed by atoms with Gasteiger partial charge in [-0.1, -0.05) is 67.2 Å². The van der Waals surface area contributed by atoms with E-state index in [4.69, 9.17) is 5.73 Å². The van der Waals surface area contributed by atoms with Crippen LogP contribution in [0, 0.1) is 57.3 Å². The first-order chi connectivity index (χ1) is 13.1. The topological polar surface area (TPSA) is 26.0 Å². The lowest BCUT2D eigenvalue weighted by Crippen LogP contribution is -2.58. The molecule has 0 radical (unpaired) electrons. The summed E-state index contributed by atoms with van der Waals surface area (Å²) in [6, 6.07) is 2.67. The Morgan fingerprint density at radius 3 is 2.21 bits per heavy atom. The second kappa shape index (κ2) is 7.56. The van der Waals surface area contributed by atoms with Gasteiger partial charge in [0, 0.05) is 12.5 Å². The highest BCUT2D eigenvalue weighted by molar-refractivity contribution is 5.15. The summed E-state index contributed by atoms with van der Waals surface area (Å²) in [6.07, 6.45) is 13.7. The minimum atomic E-state index is 0.270. The first kappa shape index (κ1) is 22.1. The summed E-state index contributed by atoms with van der Waals surface area (Å²) in [5.74, 6) is 6.74. The summed E-state index contributed by atoms with van der Waals surface area (Å²) in [5, 5.41) is 0. The van der Waals surface area contributed by atoms with E-state index in [0.29, 0.717) is 16.2 Å². The lowest BCUT2D eigenvalue weighted by Gasteiger charge is -2.65. The van der Waals surface area contributed by atoms with E-state index in [2.05, 4.69) is 60.4 Å². The average molecular weight is 386 g/mol. The van der Waals surface area contributed by atoms with Crippen LogP contribution >= 0.6 is 0 Å². The summed E-state index contributed by atoms with van der Waals surface area (Å²) in [4.78, 5) is 0. The lowest BCUT2D eigenvalue weighted by atomic mass is 9.39. The van der Waals surface area contributed by atoms with Gasteiger partial charge >= 0.3 is 0 Å². The molecule has 7 unspecified atom stereocenters. The molecule has 0 aromatic carbocycles. The van der Waals surface area contributed by atoms with E-state index in [1.165, 1.54) is 57.8 Å². The van der Waals surface area contributed by atoms with Crippen molar-refractivity contribution in [2.24, 2.45) is 51.1 Å². The van der Waals surface area contributed by atoms with E-state index < -0.39 is 0 Å². The van der Waals surface area contributed by atoms with Crippen LogP contribution < -0.4 is 5.73 Å². The normalized spacial score (nSPS) is 45.7. The van der Waals surface area contributed by atoms with Gasteiger partial charge in [-0.05, 0) is 90.3 Å². The average Bonchev–Trinajstić information content (AvgIpc) is 3.00. The fraction of sp³-hybridized carbons (Fsp3) is 0.926. The van der Waals surface area contributed by atoms with Crippen LogP contribution in [0.15, 0.2) is 0 Å². The van der Waals surface area contributed by atoms with E-state index in [0.717, 1.165) is 30.1 Å². The summed E-state index contributed by atoms with van der Waals surface area (Å²) in [7, 11) is 0. The Morgan fingerprint density at radius 2 is 1.61 bits per heavy atom. The van der Waals surface area contributed by atoms with E-state index in [9.17, 15) is 0 Å². The van der Waals surface area contributed by atoms with Gasteiger partial charge in [0.05, 0.1) is 0 Å². The molecule has 0 bridgehead atoms. The fourth-order valence-corrected chi connectivity index (χ4v) is 9.50. The molecule has 1 heteroatoms. The Balaban J connectivity index is 1.94. The van der Waals surface area contributed by atoms with Gasteiger partial charge in [-0.25, -0.2) is 0 Å². The first-order valence-electron chi connectivity index (χ1n) is 12.3. The Kier molecular flexibility index (Phi) is 5.95.